The van der Waals surface area contributed by atoms with Crippen molar-refractivity contribution in [1.29, 1.82) is 0 Å². The average Bonchev–Trinajstić information content (AvgIpc) is 2.84. The molecule has 0 bridgehead atoms. The summed E-state index contributed by atoms with van der Waals surface area (Å²) in [5.74, 6) is 0.926. The van der Waals surface area contributed by atoms with Crippen LogP contribution in [0.5, 0.6) is 0 Å². The Morgan fingerprint density at radius 1 is 1.53 bits per heavy atom. The minimum Gasteiger partial charge on any atom is -0.396 e. The molecule has 0 amide bonds. The van der Waals surface area contributed by atoms with Crippen molar-refractivity contribution in [2.24, 2.45) is 5.73 Å². The summed E-state index contributed by atoms with van der Waals surface area (Å²) in [6, 6.07) is 2.41. The molecule has 0 spiro atoms. The SMILES string of the molecule is NCc1ccnnc1N1CCCC1CCCO. The largest absolute Gasteiger partial charge is 0.396 e. The molecule has 2 rings (SSSR count). The molecule has 17 heavy (non-hydrogen) atoms. The van der Waals surface area contributed by atoms with Crippen LogP contribution in [-0.2, 0) is 6.54 Å². The fourth-order valence-corrected chi connectivity index (χ4v) is 2.49. The van der Waals surface area contributed by atoms with Crippen LogP contribution in [0.4, 0.5) is 5.82 Å². The average molecular weight is 236 g/mol. The molecule has 0 saturated carbocycles. The number of anilines is 1. The lowest BCUT2D eigenvalue weighted by Crippen LogP contribution is -2.31. The fourth-order valence-electron chi connectivity index (χ4n) is 2.49. The molecular formula is C12H20N4O. The van der Waals surface area contributed by atoms with Crippen LogP contribution in [0.3, 0.4) is 0 Å². The molecule has 1 fully saturated rings. The topological polar surface area (TPSA) is 75.3 Å². The fraction of sp³-hybridized carbons (Fsp3) is 0.667. The third-order valence-corrected chi connectivity index (χ3v) is 3.35. The lowest BCUT2D eigenvalue weighted by molar-refractivity contribution is 0.279. The summed E-state index contributed by atoms with van der Waals surface area (Å²) < 4.78 is 0. The molecule has 1 unspecified atom stereocenters. The molecule has 1 atom stereocenters. The van der Waals surface area contributed by atoms with E-state index in [2.05, 4.69) is 15.1 Å². The predicted molar refractivity (Wildman–Crippen MR) is 66.6 cm³/mol. The van der Waals surface area contributed by atoms with Crippen LogP contribution < -0.4 is 10.6 Å². The van der Waals surface area contributed by atoms with E-state index in [1.807, 2.05) is 6.07 Å². The minimum atomic E-state index is 0.258. The van der Waals surface area contributed by atoms with Gasteiger partial charge in [0.25, 0.3) is 0 Å². The Balaban J connectivity index is 2.14. The Morgan fingerprint density at radius 3 is 3.18 bits per heavy atom. The van der Waals surface area contributed by atoms with Crippen LogP contribution in [0.15, 0.2) is 12.3 Å². The van der Waals surface area contributed by atoms with E-state index in [9.17, 15) is 0 Å². The van der Waals surface area contributed by atoms with Crippen LogP contribution in [0.25, 0.3) is 0 Å². The van der Waals surface area contributed by atoms with Gasteiger partial charge in [0.05, 0.1) is 6.20 Å². The highest BCUT2D eigenvalue weighted by atomic mass is 16.2. The van der Waals surface area contributed by atoms with Crippen molar-refractivity contribution in [2.75, 3.05) is 18.1 Å². The molecule has 5 heteroatoms. The van der Waals surface area contributed by atoms with Crippen molar-refractivity contribution >= 4 is 5.82 Å². The Labute approximate surface area is 102 Å². The van der Waals surface area contributed by atoms with E-state index in [1.54, 1.807) is 6.20 Å². The number of rotatable bonds is 5. The number of aliphatic hydroxyl groups is 1. The van der Waals surface area contributed by atoms with Crippen molar-refractivity contribution < 1.29 is 5.11 Å². The number of aliphatic hydroxyl groups excluding tert-OH is 1. The number of hydrogen-bond donors (Lipinski definition) is 2. The van der Waals surface area contributed by atoms with E-state index in [1.165, 1.54) is 12.8 Å². The maximum atomic E-state index is 8.92. The van der Waals surface area contributed by atoms with Crippen LogP contribution in [0, 0.1) is 0 Å². The second-order valence-electron chi connectivity index (χ2n) is 4.44. The quantitative estimate of drug-likeness (QED) is 0.786. The third kappa shape index (κ3) is 2.73. The van der Waals surface area contributed by atoms with Gasteiger partial charge >= 0.3 is 0 Å². The summed E-state index contributed by atoms with van der Waals surface area (Å²) in [6.07, 6.45) is 5.89. The Bertz CT molecular complexity index is 358. The van der Waals surface area contributed by atoms with E-state index in [-0.39, 0.29) is 6.61 Å². The molecular weight excluding hydrogens is 216 g/mol. The van der Waals surface area contributed by atoms with E-state index in [0.29, 0.717) is 12.6 Å². The van der Waals surface area contributed by atoms with Gasteiger partial charge in [-0.3, -0.25) is 0 Å². The van der Waals surface area contributed by atoms with Crippen LogP contribution in [0.1, 0.15) is 31.2 Å². The van der Waals surface area contributed by atoms with Crippen molar-refractivity contribution in [2.45, 2.75) is 38.3 Å². The summed E-state index contributed by atoms with van der Waals surface area (Å²) >= 11 is 0. The van der Waals surface area contributed by atoms with Gasteiger partial charge in [0.2, 0.25) is 0 Å². The summed E-state index contributed by atoms with van der Waals surface area (Å²) in [5, 5.41) is 17.1. The normalized spacial score (nSPS) is 19.9. The molecule has 1 aliphatic heterocycles. The van der Waals surface area contributed by atoms with Gasteiger partial charge in [-0.05, 0) is 31.7 Å². The maximum Gasteiger partial charge on any atom is 0.156 e. The zero-order valence-corrected chi connectivity index (χ0v) is 10.0. The Hall–Kier alpha value is -1.20. The number of nitrogens with two attached hydrogens (primary N) is 1. The van der Waals surface area contributed by atoms with E-state index >= 15 is 0 Å². The van der Waals surface area contributed by atoms with Crippen molar-refractivity contribution in [3.63, 3.8) is 0 Å². The van der Waals surface area contributed by atoms with Gasteiger partial charge in [-0.15, -0.1) is 5.10 Å². The first-order valence-electron chi connectivity index (χ1n) is 6.25. The van der Waals surface area contributed by atoms with Crippen LogP contribution in [0.2, 0.25) is 0 Å². The summed E-state index contributed by atoms with van der Waals surface area (Å²) in [4.78, 5) is 2.30. The van der Waals surface area contributed by atoms with Crippen molar-refractivity contribution in [3.8, 4) is 0 Å². The molecule has 0 aromatic carbocycles. The molecule has 94 valence electrons. The van der Waals surface area contributed by atoms with Crippen molar-refractivity contribution in [3.05, 3.63) is 17.8 Å². The molecule has 1 aromatic heterocycles. The highest BCUT2D eigenvalue weighted by molar-refractivity contribution is 5.47. The van der Waals surface area contributed by atoms with E-state index in [4.69, 9.17) is 10.8 Å². The maximum absolute atomic E-state index is 8.92. The molecule has 0 aliphatic carbocycles. The summed E-state index contributed by atoms with van der Waals surface area (Å²) in [7, 11) is 0. The molecule has 2 heterocycles. The van der Waals surface area contributed by atoms with Gasteiger partial charge in [0, 0.05) is 31.3 Å². The van der Waals surface area contributed by atoms with Crippen LogP contribution >= 0.6 is 0 Å². The Morgan fingerprint density at radius 2 is 2.41 bits per heavy atom. The first-order chi connectivity index (χ1) is 8.36. The van der Waals surface area contributed by atoms with Gasteiger partial charge in [0.1, 0.15) is 0 Å². The second kappa shape index (κ2) is 5.93. The molecule has 1 saturated heterocycles. The van der Waals surface area contributed by atoms with E-state index in [0.717, 1.165) is 30.8 Å². The summed E-state index contributed by atoms with van der Waals surface area (Å²) in [5.41, 5.74) is 6.78. The lowest BCUT2D eigenvalue weighted by Gasteiger charge is -2.26. The first-order valence-corrected chi connectivity index (χ1v) is 6.25. The van der Waals surface area contributed by atoms with Gasteiger partial charge in [-0.2, -0.15) is 5.10 Å². The number of hydrogen-bond acceptors (Lipinski definition) is 5. The monoisotopic (exact) mass is 236 g/mol. The zero-order valence-electron chi connectivity index (χ0n) is 10.0. The molecule has 1 aromatic rings. The smallest absolute Gasteiger partial charge is 0.156 e. The number of aromatic nitrogens is 2. The van der Waals surface area contributed by atoms with Gasteiger partial charge < -0.3 is 15.7 Å². The van der Waals surface area contributed by atoms with Gasteiger partial charge in [-0.25, -0.2) is 0 Å². The second-order valence-corrected chi connectivity index (χ2v) is 4.44. The van der Waals surface area contributed by atoms with Gasteiger partial charge in [0.15, 0.2) is 5.82 Å². The number of nitrogens with zero attached hydrogens (tertiary/aromatic N) is 3. The van der Waals surface area contributed by atoms with Crippen LogP contribution in [-0.4, -0.2) is 34.5 Å². The predicted octanol–water partition coefficient (Wildman–Crippen LogP) is 0.677. The van der Waals surface area contributed by atoms with E-state index < -0.39 is 0 Å². The molecule has 0 radical (unpaired) electrons. The van der Waals surface area contributed by atoms with Gasteiger partial charge in [-0.1, -0.05) is 0 Å². The standard InChI is InChI=1S/C12H20N4O/c13-9-10-5-6-14-15-12(10)16-7-1-3-11(16)4-2-8-17/h5-6,11,17H,1-4,7-9,13H2. The van der Waals surface area contributed by atoms with Crippen molar-refractivity contribution in [1.82, 2.24) is 10.2 Å². The summed E-state index contributed by atoms with van der Waals surface area (Å²) in [6.45, 7) is 1.77. The highest BCUT2D eigenvalue weighted by Crippen LogP contribution is 2.28. The third-order valence-electron chi connectivity index (χ3n) is 3.35. The highest BCUT2D eigenvalue weighted by Gasteiger charge is 2.26. The Kier molecular flexibility index (Phi) is 4.28. The minimum absolute atomic E-state index is 0.258. The molecule has 3 N–H and O–H groups in total. The first kappa shape index (κ1) is 12.3. The molecule has 5 nitrogen and oxygen atoms in total. The lowest BCUT2D eigenvalue weighted by atomic mass is 10.1. The molecule has 1 aliphatic rings. The zero-order chi connectivity index (χ0) is 12.1.